The lowest BCUT2D eigenvalue weighted by Gasteiger charge is -2.31. The van der Waals surface area contributed by atoms with Crippen LogP contribution in [0.1, 0.15) is 30.9 Å². The first-order valence-corrected chi connectivity index (χ1v) is 7.77. The quantitative estimate of drug-likeness (QED) is 0.843. The maximum Gasteiger partial charge on any atom is 0.192 e. The summed E-state index contributed by atoms with van der Waals surface area (Å²) < 4.78 is 17.4. The molecule has 0 N–H and O–H groups in total. The minimum Gasteiger partial charge on any atom is -0.496 e. The number of methoxy groups -OCH3 is 1. The number of fused-ring (bicyclic) bond motifs is 2. The van der Waals surface area contributed by atoms with Crippen LogP contribution >= 0.6 is 0 Å². The third-order valence-corrected chi connectivity index (χ3v) is 4.69. The van der Waals surface area contributed by atoms with E-state index in [2.05, 4.69) is 32.0 Å². The Balaban J connectivity index is 1.88. The number of rotatable bonds is 2. The molecule has 2 heterocycles. The molecule has 2 atom stereocenters. The zero-order valence-electron chi connectivity index (χ0n) is 13.3. The van der Waals surface area contributed by atoms with Gasteiger partial charge in [0.2, 0.25) is 0 Å². The van der Waals surface area contributed by atoms with Crippen LogP contribution < -0.4 is 0 Å². The predicted octanol–water partition coefficient (Wildman–Crippen LogP) is 3.00. The molecular formula is C18H21NO3. The molecule has 1 aliphatic carbocycles. The lowest BCUT2D eigenvalue weighted by Crippen LogP contribution is -2.28. The van der Waals surface area contributed by atoms with Gasteiger partial charge in [-0.2, -0.15) is 0 Å². The van der Waals surface area contributed by atoms with Gasteiger partial charge in [-0.1, -0.05) is 24.3 Å². The molecule has 1 aromatic rings. The van der Waals surface area contributed by atoms with E-state index in [1.807, 2.05) is 6.07 Å². The van der Waals surface area contributed by atoms with Crippen molar-refractivity contribution in [2.45, 2.75) is 25.3 Å². The number of benzene rings is 1. The van der Waals surface area contributed by atoms with Gasteiger partial charge in [0, 0.05) is 17.1 Å². The Bertz CT molecular complexity index is 675. The van der Waals surface area contributed by atoms with Crippen molar-refractivity contribution in [1.82, 2.24) is 0 Å². The maximum atomic E-state index is 5.97. The van der Waals surface area contributed by atoms with Gasteiger partial charge in [0.15, 0.2) is 5.90 Å². The summed E-state index contributed by atoms with van der Waals surface area (Å²) in [6.07, 6.45) is 0. The Labute approximate surface area is 130 Å². The summed E-state index contributed by atoms with van der Waals surface area (Å²) in [6.45, 7) is 6.19. The molecule has 1 saturated heterocycles. The van der Waals surface area contributed by atoms with Crippen molar-refractivity contribution in [2.75, 3.05) is 26.9 Å². The van der Waals surface area contributed by atoms with E-state index in [0.717, 1.165) is 17.2 Å². The van der Waals surface area contributed by atoms with Crippen LogP contribution in [0.5, 0.6) is 0 Å². The van der Waals surface area contributed by atoms with Crippen molar-refractivity contribution in [3.8, 4) is 0 Å². The van der Waals surface area contributed by atoms with Crippen LogP contribution in [0.25, 0.3) is 5.76 Å². The monoisotopic (exact) mass is 299 g/mol. The highest BCUT2D eigenvalue weighted by Gasteiger charge is 2.45. The maximum absolute atomic E-state index is 5.97. The summed E-state index contributed by atoms with van der Waals surface area (Å²) in [6, 6.07) is 8.39. The van der Waals surface area contributed by atoms with E-state index >= 15 is 0 Å². The number of ether oxygens (including phenoxy) is 3. The summed E-state index contributed by atoms with van der Waals surface area (Å²) in [5, 5.41) is 0. The Kier molecular flexibility index (Phi) is 3.05. The van der Waals surface area contributed by atoms with Crippen LogP contribution in [0.4, 0.5) is 0 Å². The van der Waals surface area contributed by atoms with Crippen LogP contribution in [0, 0.1) is 5.92 Å². The Morgan fingerprint density at radius 2 is 2.09 bits per heavy atom. The van der Waals surface area contributed by atoms with Gasteiger partial charge in [-0.25, -0.2) is 4.99 Å². The van der Waals surface area contributed by atoms with Crippen LogP contribution in [0.2, 0.25) is 0 Å². The first kappa shape index (κ1) is 13.8. The zero-order valence-corrected chi connectivity index (χ0v) is 13.3. The van der Waals surface area contributed by atoms with Crippen molar-refractivity contribution in [1.29, 1.82) is 0 Å². The standard InChI is InChI=1S/C18H21NO3/c1-18(2)10-22-17(19-18)15-11-6-4-5-7-12(11)16(20-3)14-9-21-8-13(14)15/h4-7,13,15H,8-10H2,1-3H3/t13-,15+/m0/s1. The highest BCUT2D eigenvalue weighted by molar-refractivity contribution is 5.90. The normalized spacial score (nSPS) is 28.8. The van der Waals surface area contributed by atoms with Crippen molar-refractivity contribution < 1.29 is 14.2 Å². The smallest absolute Gasteiger partial charge is 0.192 e. The van der Waals surface area contributed by atoms with Crippen molar-refractivity contribution in [3.05, 3.63) is 41.0 Å². The van der Waals surface area contributed by atoms with Gasteiger partial charge in [0.1, 0.15) is 12.4 Å². The molecule has 0 bridgehead atoms. The summed E-state index contributed by atoms with van der Waals surface area (Å²) in [4.78, 5) is 4.83. The molecule has 4 nitrogen and oxygen atoms in total. The third-order valence-electron chi connectivity index (χ3n) is 4.69. The molecule has 116 valence electrons. The molecule has 0 saturated carbocycles. The van der Waals surface area contributed by atoms with E-state index in [0.29, 0.717) is 19.8 Å². The fraction of sp³-hybridized carbons (Fsp3) is 0.500. The van der Waals surface area contributed by atoms with E-state index in [1.54, 1.807) is 7.11 Å². The summed E-state index contributed by atoms with van der Waals surface area (Å²) in [5.41, 5.74) is 3.47. The van der Waals surface area contributed by atoms with Gasteiger partial charge in [-0.15, -0.1) is 0 Å². The SMILES string of the molecule is COC1=C2COC[C@@H]2[C@H](C2=NC(C)(C)CO2)c2ccccc21. The molecule has 4 rings (SSSR count). The highest BCUT2D eigenvalue weighted by Crippen LogP contribution is 2.47. The largest absolute Gasteiger partial charge is 0.496 e. The average Bonchev–Trinajstić information content (AvgIpc) is 3.11. The van der Waals surface area contributed by atoms with Crippen LogP contribution in [0.15, 0.2) is 34.8 Å². The van der Waals surface area contributed by atoms with Crippen LogP contribution in [-0.2, 0) is 14.2 Å². The third kappa shape index (κ3) is 1.97. The molecular weight excluding hydrogens is 278 g/mol. The molecule has 0 radical (unpaired) electrons. The van der Waals surface area contributed by atoms with Gasteiger partial charge in [-0.05, 0) is 19.4 Å². The number of nitrogens with zero attached hydrogens (tertiary/aromatic N) is 1. The van der Waals surface area contributed by atoms with Crippen molar-refractivity contribution in [3.63, 3.8) is 0 Å². The predicted molar refractivity (Wildman–Crippen MR) is 84.9 cm³/mol. The summed E-state index contributed by atoms with van der Waals surface area (Å²) in [5.74, 6) is 2.21. The zero-order chi connectivity index (χ0) is 15.3. The topological polar surface area (TPSA) is 40.0 Å². The Morgan fingerprint density at radius 3 is 2.82 bits per heavy atom. The fourth-order valence-electron chi connectivity index (χ4n) is 3.72. The molecule has 2 aliphatic heterocycles. The minimum atomic E-state index is -0.144. The fourth-order valence-corrected chi connectivity index (χ4v) is 3.72. The molecule has 4 heteroatoms. The summed E-state index contributed by atoms with van der Waals surface area (Å²) >= 11 is 0. The van der Waals surface area contributed by atoms with Gasteiger partial charge in [0.25, 0.3) is 0 Å². The Morgan fingerprint density at radius 1 is 1.27 bits per heavy atom. The molecule has 0 aromatic heterocycles. The molecule has 3 aliphatic rings. The van der Waals surface area contributed by atoms with Gasteiger partial charge in [0.05, 0.1) is 31.8 Å². The lowest BCUT2D eigenvalue weighted by atomic mass is 9.75. The van der Waals surface area contributed by atoms with Crippen LogP contribution in [0.3, 0.4) is 0 Å². The molecule has 22 heavy (non-hydrogen) atoms. The van der Waals surface area contributed by atoms with Crippen LogP contribution in [-0.4, -0.2) is 38.4 Å². The average molecular weight is 299 g/mol. The van der Waals surface area contributed by atoms with E-state index < -0.39 is 0 Å². The molecule has 1 fully saturated rings. The van der Waals surface area contributed by atoms with Gasteiger partial charge >= 0.3 is 0 Å². The van der Waals surface area contributed by atoms with E-state index in [1.165, 1.54) is 11.1 Å². The second-order valence-corrected chi connectivity index (χ2v) is 6.80. The van der Waals surface area contributed by atoms with Crippen molar-refractivity contribution >= 4 is 11.7 Å². The van der Waals surface area contributed by atoms with Crippen molar-refractivity contribution in [2.24, 2.45) is 10.9 Å². The lowest BCUT2D eigenvalue weighted by molar-refractivity contribution is 0.183. The summed E-state index contributed by atoms with van der Waals surface area (Å²) in [7, 11) is 1.74. The van der Waals surface area contributed by atoms with E-state index in [9.17, 15) is 0 Å². The highest BCUT2D eigenvalue weighted by atomic mass is 16.5. The molecule has 0 spiro atoms. The second kappa shape index (κ2) is 4.85. The van der Waals surface area contributed by atoms with Gasteiger partial charge < -0.3 is 14.2 Å². The van der Waals surface area contributed by atoms with E-state index in [-0.39, 0.29) is 17.4 Å². The van der Waals surface area contributed by atoms with E-state index in [4.69, 9.17) is 19.2 Å². The van der Waals surface area contributed by atoms with Gasteiger partial charge in [-0.3, -0.25) is 0 Å². The first-order valence-electron chi connectivity index (χ1n) is 7.77. The molecule has 1 aromatic carbocycles. The minimum absolute atomic E-state index is 0.134. The number of hydrogen-bond acceptors (Lipinski definition) is 4. The first-order chi connectivity index (χ1) is 10.6. The molecule has 0 amide bonds. The number of aliphatic imine (C=N–C) groups is 1. The second-order valence-electron chi connectivity index (χ2n) is 6.80. The molecule has 0 unspecified atom stereocenters. The number of hydrogen-bond donors (Lipinski definition) is 0. The Hall–Kier alpha value is -1.81.